The highest BCUT2D eigenvalue weighted by Crippen LogP contribution is 2.22. The van der Waals surface area contributed by atoms with Crippen molar-refractivity contribution in [1.82, 2.24) is 20.2 Å². The molecule has 0 aliphatic heterocycles. The average molecular weight is 323 g/mol. The normalized spacial score (nSPS) is 11.8. The number of benzene rings is 1. The van der Waals surface area contributed by atoms with Gasteiger partial charge in [0.2, 0.25) is 0 Å². The fourth-order valence-corrected chi connectivity index (χ4v) is 3.01. The third kappa shape index (κ3) is 3.79. The second-order valence-corrected chi connectivity index (χ2v) is 5.91. The third-order valence-electron chi connectivity index (χ3n) is 4.23. The van der Waals surface area contributed by atoms with E-state index in [4.69, 9.17) is 0 Å². The van der Waals surface area contributed by atoms with E-state index in [0.717, 1.165) is 32.0 Å². The maximum atomic E-state index is 4.28. The van der Waals surface area contributed by atoms with E-state index in [9.17, 15) is 0 Å². The molecule has 3 aromatic rings. The molecule has 3 N–H and O–H groups in total. The molecule has 0 aliphatic carbocycles. The first-order chi connectivity index (χ1) is 11.8. The molecule has 2 heterocycles. The number of guanidine groups is 1. The Morgan fingerprint density at radius 3 is 2.71 bits per heavy atom. The molecule has 0 aliphatic rings. The first-order valence-electron chi connectivity index (χ1n) is 8.39. The Kier molecular flexibility index (Phi) is 5.21. The summed E-state index contributed by atoms with van der Waals surface area (Å²) < 4.78 is 2.15. The first-order valence-corrected chi connectivity index (χ1v) is 8.39. The molecule has 2 aromatic heterocycles. The van der Waals surface area contributed by atoms with Crippen LogP contribution >= 0.6 is 0 Å². The van der Waals surface area contributed by atoms with Crippen LogP contribution in [0.5, 0.6) is 0 Å². The van der Waals surface area contributed by atoms with Gasteiger partial charge in [0.05, 0.1) is 0 Å². The van der Waals surface area contributed by atoms with Crippen LogP contribution < -0.4 is 10.6 Å². The summed E-state index contributed by atoms with van der Waals surface area (Å²) in [5.41, 5.74) is 3.87. The number of aliphatic imine (C=N–C) groups is 1. The zero-order valence-corrected chi connectivity index (χ0v) is 14.3. The second kappa shape index (κ2) is 7.73. The van der Waals surface area contributed by atoms with Gasteiger partial charge in [0.1, 0.15) is 0 Å². The van der Waals surface area contributed by atoms with Crippen LogP contribution in [0.4, 0.5) is 0 Å². The number of H-pyrrole nitrogens is 1. The molecule has 0 saturated heterocycles. The molecule has 126 valence electrons. The molecule has 0 saturated carbocycles. The van der Waals surface area contributed by atoms with Gasteiger partial charge < -0.3 is 20.2 Å². The molecule has 24 heavy (non-hydrogen) atoms. The van der Waals surface area contributed by atoms with E-state index < -0.39 is 0 Å². The molecule has 0 radical (unpaired) electrons. The summed E-state index contributed by atoms with van der Waals surface area (Å²) in [5, 5.41) is 8.08. The van der Waals surface area contributed by atoms with Gasteiger partial charge in [-0.1, -0.05) is 12.1 Å². The lowest BCUT2D eigenvalue weighted by atomic mass is 10.1. The van der Waals surface area contributed by atoms with E-state index in [1.807, 2.05) is 12.1 Å². The molecule has 0 spiro atoms. The van der Waals surface area contributed by atoms with Crippen molar-refractivity contribution in [2.45, 2.75) is 19.9 Å². The highest BCUT2D eigenvalue weighted by atomic mass is 15.2. The molecule has 0 fully saturated rings. The summed E-state index contributed by atoms with van der Waals surface area (Å²) in [7, 11) is 1.81. The van der Waals surface area contributed by atoms with E-state index in [2.05, 4.69) is 68.9 Å². The summed E-state index contributed by atoms with van der Waals surface area (Å²) in [6, 6.07) is 10.5. The number of aryl methyl sites for hydroxylation is 1. The van der Waals surface area contributed by atoms with E-state index >= 15 is 0 Å². The average Bonchev–Trinajstić information content (AvgIpc) is 3.24. The standard InChI is InChI=1S/C19H25N5/c1-15-6-5-7-17-18(15)16(14-23-17)8-9-21-19(20-2)22-10-13-24-11-3-4-12-24/h3-7,11-12,14,23H,8-10,13H2,1-2H3,(H2,20,21,22). The van der Waals surface area contributed by atoms with Gasteiger partial charge in [0, 0.05) is 56.2 Å². The van der Waals surface area contributed by atoms with Gasteiger partial charge in [-0.15, -0.1) is 0 Å². The third-order valence-corrected chi connectivity index (χ3v) is 4.23. The van der Waals surface area contributed by atoms with E-state index in [-0.39, 0.29) is 0 Å². The Balaban J connectivity index is 1.49. The molecule has 3 rings (SSSR count). The number of nitrogens with zero attached hydrogens (tertiary/aromatic N) is 2. The van der Waals surface area contributed by atoms with Crippen LogP contribution in [0.1, 0.15) is 11.1 Å². The Morgan fingerprint density at radius 1 is 1.12 bits per heavy atom. The lowest BCUT2D eigenvalue weighted by Crippen LogP contribution is -2.39. The summed E-state index contributed by atoms with van der Waals surface area (Å²) in [6.45, 7) is 4.79. The smallest absolute Gasteiger partial charge is 0.191 e. The van der Waals surface area contributed by atoms with Crippen LogP contribution in [-0.2, 0) is 13.0 Å². The summed E-state index contributed by atoms with van der Waals surface area (Å²) in [6.07, 6.45) is 7.21. The second-order valence-electron chi connectivity index (χ2n) is 5.91. The first kappa shape index (κ1) is 16.2. The summed E-state index contributed by atoms with van der Waals surface area (Å²) in [4.78, 5) is 7.64. The minimum Gasteiger partial charge on any atom is -0.361 e. The molecule has 0 bridgehead atoms. The van der Waals surface area contributed by atoms with Crippen molar-refractivity contribution < 1.29 is 0 Å². The van der Waals surface area contributed by atoms with Gasteiger partial charge in [-0.3, -0.25) is 4.99 Å². The highest BCUT2D eigenvalue weighted by molar-refractivity contribution is 5.86. The van der Waals surface area contributed by atoms with Gasteiger partial charge in [-0.05, 0) is 42.7 Å². The molecule has 0 atom stereocenters. The van der Waals surface area contributed by atoms with Crippen molar-refractivity contribution in [2.24, 2.45) is 4.99 Å². The Labute approximate surface area is 142 Å². The van der Waals surface area contributed by atoms with Crippen LogP contribution in [0.2, 0.25) is 0 Å². The van der Waals surface area contributed by atoms with Gasteiger partial charge >= 0.3 is 0 Å². The number of fused-ring (bicyclic) bond motifs is 1. The molecular formula is C19H25N5. The number of hydrogen-bond donors (Lipinski definition) is 3. The Hall–Kier alpha value is -2.69. The SMILES string of the molecule is CN=C(NCCc1c[nH]c2cccc(C)c12)NCCn1cccc1. The van der Waals surface area contributed by atoms with Gasteiger partial charge in [-0.2, -0.15) is 0 Å². The molecule has 1 aromatic carbocycles. The minimum atomic E-state index is 0.846. The van der Waals surface area contributed by atoms with Gasteiger partial charge in [0.15, 0.2) is 5.96 Å². The topological polar surface area (TPSA) is 57.1 Å². The molecule has 5 heteroatoms. The zero-order valence-electron chi connectivity index (χ0n) is 14.3. The van der Waals surface area contributed by atoms with Crippen molar-refractivity contribution >= 4 is 16.9 Å². The fraction of sp³-hybridized carbons (Fsp3) is 0.316. The number of rotatable bonds is 6. The lowest BCUT2D eigenvalue weighted by Gasteiger charge is -2.12. The Morgan fingerprint density at radius 2 is 1.92 bits per heavy atom. The molecule has 0 unspecified atom stereocenters. The maximum Gasteiger partial charge on any atom is 0.191 e. The number of aromatic amines is 1. The predicted molar refractivity (Wildman–Crippen MR) is 101 cm³/mol. The summed E-state index contributed by atoms with van der Waals surface area (Å²) >= 11 is 0. The molecule has 5 nitrogen and oxygen atoms in total. The number of aromatic nitrogens is 2. The van der Waals surface area contributed by atoms with Crippen LogP contribution in [0.15, 0.2) is 53.9 Å². The van der Waals surface area contributed by atoms with Crippen molar-refractivity contribution in [3.63, 3.8) is 0 Å². The van der Waals surface area contributed by atoms with E-state index in [1.165, 1.54) is 22.0 Å². The minimum absolute atomic E-state index is 0.846. The Bertz CT molecular complexity index is 798. The lowest BCUT2D eigenvalue weighted by molar-refractivity contribution is 0.665. The van der Waals surface area contributed by atoms with Crippen molar-refractivity contribution in [2.75, 3.05) is 20.1 Å². The largest absolute Gasteiger partial charge is 0.361 e. The van der Waals surface area contributed by atoms with Crippen LogP contribution in [0, 0.1) is 6.92 Å². The fourth-order valence-electron chi connectivity index (χ4n) is 3.01. The van der Waals surface area contributed by atoms with Crippen molar-refractivity contribution in [3.05, 3.63) is 60.0 Å². The van der Waals surface area contributed by atoms with Crippen LogP contribution in [0.3, 0.4) is 0 Å². The van der Waals surface area contributed by atoms with E-state index in [0.29, 0.717) is 0 Å². The molecular weight excluding hydrogens is 298 g/mol. The molecule has 0 amide bonds. The number of nitrogens with one attached hydrogen (secondary N) is 3. The van der Waals surface area contributed by atoms with Gasteiger partial charge in [0.25, 0.3) is 0 Å². The monoisotopic (exact) mass is 323 g/mol. The van der Waals surface area contributed by atoms with Gasteiger partial charge in [-0.25, -0.2) is 0 Å². The predicted octanol–water partition coefficient (Wildman–Crippen LogP) is 2.69. The quantitative estimate of drug-likeness (QED) is 0.482. The maximum absolute atomic E-state index is 4.28. The number of hydrogen-bond acceptors (Lipinski definition) is 1. The zero-order chi connectivity index (χ0) is 16.8. The highest BCUT2D eigenvalue weighted by Gasteiger charge is 2.06. The van der Waals surface area contributed by atoms with Crippen LogP contribution in [-0.4, -0.2) is 35.6 Å². The van der Waals surface area contributed by atoms with Crippen molar-refractivity contribution in [3.8, 4) is 0 Å². The van der Waals surface area contributed by atoms with Crippen LogP contribution in [0.25, 0.3) is 10.9 Å². The van der Waals surface area contributed by atoms with E-state index in [1.54, 1.807) is 7.05 Å². The van der Waals surface area contributed by atoms with Crippen molar-refractivity contribution in [1.29, 1.82) is 0 Å². The summed E-state index contributed by atoms with van der Waals surface area (Å²) in [5.74, 6) is 0.846.